The van der Waals surface area contributed by atoms with Gasteiger partial charge in [-0.25, -0.2) is 4.79 Å². The summed E-state index contributed by atoms with van der Waals surface area (Å²) in [6, 6.07) is 5.45. The molecule has 30 heavy (non-hydrogen) atoms. The van der Waals surface area contributed by atoms with Crippen LogP contribution in [0.4, 0.5) is 0 Å². The molecular formula is C24H28N2O3S. The number of aryl methyl sites for hydroxylation is 3. The lowest BCUT2D eigenvalue weighted by molar-refractivity contribution is 0.0969. The number of H-pyrrole nitrogens is 1. The lowest BCUT2D eigenvalue weighted by atomic mass is 9.72. The van der Waals surface area contributed by atoms with Crippen LogP contribution in [0.25, 0.3) is 10.2 Å². The minimum atomic E-state index is -0.518. The third kappa shape index (κ3) is 3.58. The molecule has 6 heteroatoms. The molecule has 0 fully saturated rings. The van der Waals surface area contributed by atoms with Gasteiger partial charge in [0.05, 0.1) is 11.9 Å². The molecule has 1 unspecified atom stereocenters. The first-order valence-corrected chi connectivity index (χ1v) is 11.3. The van der Waals surface area contributed by atoms with Gasteiger partial charge in [0.1, 0.15) is 4.83 Å². The zero-order valence-corrected chi connectivity index (χ0v) is 19.0. The quantitative estimate of drug-likeness (QED) is 0.634. The van der Waals surface area contributed by atoms with Gasteiger partial charge < -0.3 is 0 Å². The monoisotopic (exact) mass is 424 g/mol. The fourth-order valence-electron chi connectivity index (χ4n) is 4.32. The molecule has 1 aliphatic carbocycles. The van der Waals surface area contributed by atoms with Crippen LogP contribution < -0.4 is 11.2 Å². The Morgan fingerprint density at radius 3 is 2.60 bits per heavy atom. The van der Waals surface area contributed by atoms with Gasteiger partial charge in [0.15, 0.2) is 5.78 Å². The van der Waals surface area contributed by atoms with Crippen molar-refractivity contribution < 1.29 is 4.79 Å². The van der Waals surface area contributed by atoms with E-state index in [9.17, 15) is 14.4 Å². The molecule has 0 bridgehead atoms. The van der Waals surface area contributed by atoms with Crippen LogP contribution in [0, 0.1) is 25.2 Å². The number of fused-ring (bicyclic) bond motifs is 3. The lowest BCUT2D eigenvalue weighted by Crippen LogP contribution is -2.37. The molecule has 158 valence electrons. The highest BCUT2D eigenvalue weighted by Crippen LogP contribution is 2.41. The number of nitrogens with zero attached hydrogens (tertiary/aromatic N) is 1. The van der Waals surface area contributed by atoms with Gasteiger partial charge in [0.2, 0.25) is 0 Å². The minimum absolute atomic E-state index is 0.208. The summed E-state index contributed by atoms with van der Waals surface area (Å²) in [5, 5.41) is 0.592. The zero-order valence-electron chi connectivity index (χ0n) is 18.2. The van der Waals surface area contributed by atoms with Crippen LogP contribution in [-0.2, 0) is 19.4 Å². The molecule has 3 aromatic rings. The number of hydrogen-bond acceptors (Lipinski definition) is 4. The summed E-state index contributed by atoms with van der Waals surface area (Å²) in [4.78, 5) is 43.4. The average Bonchev–Trinajstić information content (AvgIpc) is 3.03. The largest absolute Gasteiger partial charge is 0.329 e. The number of nitrogens with one attached hydrogen (secondary N) is 1. The van der Waals surface area contributed by atoms with E-state index >= 15 is 0 Å². The Bertz CT molecular complexity index is 1270. The van der Waals surface area contributed by atoms with E-state index in [0.717, 1.165) is 40.5 Å². The van der Waals surface area contributed by atoms with Crippen LogP contribution in [0.1, 0.15) is 59.1 Å². The normalized spacial score (nSPS) is 16.6. The van der Waals surface area contributed by atoms with Gasteiger partial charge in [0.25, 0.3) is 5.56 Å². The van der Waals surface area contributed by atoms with Gasteiger partial charge in [-0.3, -0.25) is 19.1 Å². The second kappa shape index (κ2) is 7.34. The number of rotatable bonds is 3. The van der Waals surface area contributed by atoms with Gasteiger partial charge in [-0.2, -0.15) is 0 Å². The van der Waals surface area contributed by atoms with Gasteiger partial charge in [0, 0.05) is 10.4 Å². The van der Waals surface area contributed by atoms with Crippen LogP contribution in [-0.4, -0.2) is 15.3 Å². The molecule has 1 aromatic carbocycles. The van der Waals surface area contributed by atoms with E-state index in [-0.39, 0.29) is 23.3 Å². The summed E-state index contributed by atoms with van der Waals surface area (Å²) < 4.78 is 1.06. The van der Waals surface area contributed by atoms with Crippen molar-refractivity contribution in [2.45, 2.75) is 60.4 Å². The summed E-state index contributed by atoms with van der Waals surface area (Å²) in [7, 11) is 0. The van der Waals surface area contributed by atoms with Gasteiger partial charge in [-0.05, 0) is 67.2 Å². The molecule has 2 heterocycles. The maximum atomic E-state index is 13.2. The maximum absolute atomic E-state index is 13.2. The van der Waals surface area contributed by atoms with Gasteiger partial charge in [-0.1, -0.05) is 32.9 Å². The van der Waals surface area contributed by atoms with Crippen LogP contribution in [0.3, 0.4) is 0 Å². The van der Waals surface area contributed by atoms with Crippen molar-refractivity contribution in [3.8, 4) is 0 Å². The standard InChI is InChI=1S/C24H28N2O3S/c1-13-6-7-15(10-14(13)2)18(27)12-26-22(28)20-17-9-8-16(24(3,4)5)11-19(17)30-21(20)25-23(26)29/h6-7,10,16H,8-9,11-12H2,1-5H3,(H,25,29). The Morgan fingerprint density at radius 2 is 1.93 bits per heavy atom. The second-order valence-corrected chi connectivity index (χ2v) is 10.7. The van der Waals surface area contributed by atoms with Crippen molar-refractivity contribution in [3.63, 3.8) is 0 Å². The van der Waals surface area contributed by atoms with Crippen molar-refractivity contribution >= 4 is 27.3 Å². The molecule has 0 saturated heterocycles. The summed E-state index contributed by atoms with van der Waals surface area (Å²) >= 11 is 1.52. The van der Waals surface area contributed by atoms with E-state index in [2.05, 4.69) is 25.8 Å². The van der Waals surface area contributed by atoms with Crippen molar-refractivity contribution in [2.75, 3.05) is 0 Å². The van der Waals surface area contributed by atoms with E-state index in [4.69, 9.17) is 0 Å². The highest BCUT2D eigenvalue weighted by molar-refractivity contribution is 7.18. The summed E-state index contributed by atoms with van der Waals surface area (Å²) in [5.41, 5.74) is 3.03. The molecule has 0 saturated carbocycles. The highest BCUT2D eigenvalue weighted by Gasteiger charge is 2.32. The summed E-state index contributed by atoms with van der Waals surface area (Å²) in [6.07, 6.45) is 2.80. The summed E-state index contributed by atoms with van der Waals surface area (Å²) in [6.45, 7) is 10.4. The molecule has 1 N–H and O–H groups in total. The number of benzene rings is 1. The Labute approximate surface area is 179 Å². The van der Waals surface area contributed by atoms with Gasteiger partial charge in [-0.15, -0.1) is 11.3 Å². The van der Waals surface area contributed by atoms with E-state index < -0.39 is 5.69 Å². The Balaban J connectivity index is 1.74. The predicted molar refractivity (Wildman–Crippen MR) is 122 cm³/mol. The van der Waals surface area contributed by atoms with Crippen molar-refractivity contribution in [2.24, 2.45) is 11.3 Å². The molecular weight excluding hydrogens is 396 g/mol. The van der Waals surface area contributed by atoms with E-state index in [1.54, 1.807) is 6.07 Å². The predicted octanol–water partition coefficient (Wildman–Crippen LogP) is 4.40. The van der Waals surface area contributed by atoms with Crippen LogP contribution >= 0.6 is 11.3 Å². The smallest absolute Gasteiger partial charge is 0.298 e. The van der Waals surface area contributed by atoms with Crippen molar-refractivity contribution in [3.05, 3.63) is 66.2 Å². The first kappa shape index (κ1) is 20.8. The zero-order chi connectivity index (χ0) is 21.8. The molecule has 1 aliphatic rings. The fraction of sp³-hybridized carbons (Fsp3) is 0.458. The molecule has 5 nitrogen and oxygen atoms in total. The first-order chi connectivity index (χ1) is 14.1. The molecule has 4 rings (SSSR count). The number of aromatic amines is 1. The van der Waals surface area contributed by atoms with Crippen molar-refractivity contribution in [1.29, 1.82) is 0 Å². The van der Waals surface area contributed by atoms with Crippen LogP contribution in [0.2, 0.25) is 0 Å². The Kier molecular flexibility index (Phi) is 5.09. The molecule has 0 spiro atoms. The maximum Gasteiger partial charge on any atom is 0.329 e. The number of carbonyl (C=O) groups excluding carboxylic acids is 1. The van der Waals surface area contributed by atoms with Gasteiger partial charge >= 0.3 is 5.69 Å². The Hall–Kier alpha value is -2.47. The number of Topliss-reactive ketones (excluding diaryl/α,β-unsaturated/α-hetero) is 1. The molecule has 0 radical (unpaired) electrons. The number of aromatic nitrogens is 2. The topological polar surface area (TPSA) is 71.9 Å². The summed E-state index contributed by atoms with van der Waals surface area (Å²) in [5.74, 6) is 0.320. The highest BCUT2D eigenvalue weighted by atomic mass is 32.1. The van der Waals surface area contributed by atoms with E-state index in [1.165, 1.54) is 16.2 Å². The molecule has 0 aliphatic heterocycles. The number of thiophene rings is 1. The number of ketones is 1. The van der Waals surface area contributed by atoms with E-state index in [0.29, 0.717) is 21.7 Å². The molecule has 0 amide bonds. The van der Waals surface area contributed by atoms with Crippen LogP contribution in [0.15, 0.2) is 27.8 Å². The Morgan fingerprint density at radius 1 is 1.20 bits per heavy atom. The first-order valence-electron chi connectivity index (χ1n) is 10.4. The lowest BCUT2D eigenvalue weighted by Gasteiger charge is -2.33. The SMILES string of the molecule is Cc1ccc(C(=O)Cn2c(=O)[nH]c3sc4c(c3c2=O)CCC(C(C)(C)C)C4)cc1C. The number of carbonyl (C=O) groups is 1. The molecule has 1 atom stereocenters. The minimum Gasteiger partial charge on any atom is -0.298 e. The second-order valence-electron chi connectivity index (χ2n) is 9.56. The fourth-order valence-corrected chi connectivity index (χ4v) is 5.63. The van der Waals surface area contributed by atoms with Crippen LogP contribution in [0.5, 0.6) is 0 Å². The number of hydrogen-bond donors (Lipinski definition) is 1. The third-order valence-corrected chi connectivity index (χ3v) is 7.72. The molecule has 2 aromatic heterocycles. The third-order valence-electron chi connectivity index (χ3n) is 6.55. The van der Waals surface area contributed by atoms with Crippen molar-refractivity contribution in [1.82, 2.24) is 9.55 Å². The van der Waals surface area contributed by atoms with E-state index in [1.807, 2.05) is 26.0 Å². The average molecular weight is 425 g/mol.